The van der Waals surface area contributed by atoms with Crippen LogP contribution in [-0.2, 0) is 6.54 Å². The fourth-order valence-electron chi connectivity index (χ4n) is 2.39. The van der Waals surface area contributed by atoms with Crippen molar-refractivity contribution >= 4 is 5.97 Å². The second-order valence-electron chi connectivity index (χ2n) is 4.70. The van der Waals surface area contributed by atoms with E-state index in [9.17, 15) is 4.79 Å². The summed E-state index contributed by atoms with van der Waals surface area (Å²) >= 11 is 0. The fourth-order valence-corrected chi connectivity index (χ4v) is 2.39. The van der Waals surface area contributed by atoms with Gasteiger partial charge in [0, 0.05) is 12.7 Å². The summed E-state index contributed by atoms with van der Waals surface area (Å²) in [5.74, 6) is -0.894. The molecule has 1 aliphatic carbocycles. The van der Waals surface area contributed by atoms with Gasteiger partial charge in [0.15, 0.2) is 0 Å². The number of nitrogens with zero attached hydrogens (tertiary/aromatic N) is 2. The van der Waals surface area contributed by atoms with Gasteiger partial charge >= 0.3 is 5.97 Å². The van der Waals surface area contributed by atoms with Gasteiger partial charge in [-0.15, -0.1) is 0 Å². The van der Waals surface area contributed by atoms with Crippen LogP contribution >= 0.6 is 0 Å². The Kier molecular flexibility index (Phi) is 2.50. The molecule has 2 rings (SSSR count). The van der Waals surface area contributed by atoms with Gasteiger partial charge in [-0.25, -0.2) is 4.79 Å². The number of hydrogen-bond acceptors (Lipinski definition) is 2. The Morgan fingerprint density at radius 3 is 2.87 bits per heavy atom. The van der Waals surface area contributed by atoms with Gasteiger partial charge in [-0.3, -0.25) is 4.68 Å². The van der Waals surface area contributed by atoms with Crippen molar-refractivity contribution < 1.29 is 9.90 Å². The Morgan fingerprint density at radius 2 is 2.27 bits per heavy atom. The van der Waals surface area contributed by atoms with Gasteiger partial charge in [-0.2, -0.15) is 5.10 Å². The monoisotopic (exact) mass is 208 g/mol. The minimum absolute atomic E-state index is 0.232. The van der Waals surface area contributed by atoms with Gasteiger partial charge in [0.2, 0.25) is 0 Å². The molecule has 1 saturated carbocycles. The van der Waals surface area contributed by atoms with Crippen LogP contribution in [0.5, 0.6) is 0 Å². The Morgan fingerprint density at radius 1 is 1.60 bits per heavy atom. The lowest BCUT2D eigenvalue weighted by Crippen LogP contribution is -2.23. The van der Waals surface area contributed by atoms with Gasteiger partial charge in [0.25, 0.3) is 0 Å². The number of carboxylic acids is 1. The minimum atomic E-state index is -0.894. The van der Waals surface area contributed by atoms with Crippen molar-refractivity contribution in [3.8, 4) is 0 Å². The maximum atomic E-state index is 10.9. The van der Waals surface area contributed by atoms with E-state index in [1.807, 2.05) is 0 Å². The zero-order valence-corrected chi connectivity index (χ0v) is 8.94. The first-order valence-corrected chi connectivity index (χ1v) is 5.36. The molecule has 1 N–H and O–H groups in total. The number of rotatable bonds is 3. The summed E-state index contributed by atoms with van der Waals surface area (Å²) in [5.41, 5.74) is 0.527. The molecule has 0 aromatic carbocycles. The van der Waals surface area contributed by atoms with Gasteiger partial charge in [0.05, 0.1) is 0 Å². The van der Waals surface area contributed by atoms with Crippen LogP contribution in [0.1, 0.15) is 43.1 Å². The van der Waals surface area contributed by atoms with E-state index in [0.717, 1.165) is 6.54 Å². The third-order valence-corrected chi connectivity index (χ3v) is 3.28. The minimum Gasteiger partial charge on any atom is -0.477 e. The summed E-state index contributed by atoms with van der Waals surface area (Å²) in [6.07, 6.45) is 6.40. The lowest BCUT2D eigenvalue weighted by molar-refractivity contribution is 0.0679. The summed E-state index contributed by atoms with van der Waals surface area (Å²) in [7, 11) is 0. The number of carboxylic acid groups (broad SMARTS) is 1. The Bertz CT molecular complexity index is 364. The number of aromatic nitrogens is 2. The van der Waals surface area contributed by atoms with E-state index < -0.39 is 5.97 Å². The maximum Gasteiger partial charge on any atom is 0.354 e. The van der Waals surface area contributed by atoms with Gasteiger partial charge < -0.3 is 5.11 Å². The van der Waals surface area contributed by atoms with Crippen LogP contribution in [-0.4, -0.2) is 20.9 Å². The van der Waals surface area contributed by atoms with Crippen LogP contribution in [0.4, 0.5) is 0 Å². The quantitative estimate of drug-likeness (QED) is 0.828. The zero-order valence-electron chi connectivity index (χ0n) is 8.94. The highest BCUT2D eigenvalue weighted by Crippen LogP contribution is 2.38. The molecule has 0 spiro atoms. The normalized spacial score (nSPS) is 19.3. The predicted octanol–water partition coefficient (Wildman–Crippen LogP) is 2.16. The lowest BCUT2D eigenvalue weighted by atomic mass is 9.89. The third-order valence-electron chi connectivity index (χ3n) is 3.28. The highest BCUT2D eigenvalue weighted by atomic mass is 16.4. The van der Waals surface area contributed by atoms with Crippen molar-refractivity contribution in [2.24, 2.45) is 5.41 Å². The summed E-state index contributed by atoms with van der Waals surface area (Å²) in [4.78, 5) is 10.9. The Labute approximate surface area is 88.9 Å². The highest BCUT2D eigenvalue weighted by molar-refractivity contribution is 5.85. The zero-order chi connectivity index (χ0) is 10.9. The Balaban J connectivity index is 2.16. The van der Waals surface area contributed by atoms with Crippen molar-refractivity contribution in [3.63, 3.8) is 0 Å². The molecule has 1 aliphatic rings. The molecule has 0 bridgehead atoms. The summed E-state index contributed by atoms with van der Waals surface area (Å²) in [6, 6.07) is 1.56. The number of aromatic carboxylic acids is 1. The van der Waals surface area contributed by atoms with E-state index >= 15 is 0 Å². The molecular weight excluding hydrogens is 192 g/mol. The third kappa shape index (κ3) is 2.03. The summed E-state index contributed by atoms with van der Waals surface area (Å²) in [5, 5.41) is 13.0. The molecule has 1 fully saturated rings. The topological polar surface area (TPSA) is 55.1 Å². The molecule has 0 radical (unpaired) electrons. The van der Waals surface area contributed by atoms with Crippen LogP contribution < -0.4 is 0 Å². The Hall–Kier alpha value is -1.32. The van der Waals surface area contributed by atoms with Crippen LogP contribution in [0, 0.1) is 5.41 Å². The molecular formula is C11H16N2O2. The molecule has 1 aromatic heterocycles. The second-order valence-corrected chi connectivity index (χ2v) is 4.70. The summed E-state index contributed by atoms with van der Waals surface area (Å²) in [6.45, 7) is 2.94. The fraction of sp³-hybridized carbons (Fsp3) is 0.636. The molecule has 0 atom stereocenters. The second kappa shape index (κ2) is 3.68. The molecule has 0 unspecified atom stereocenters. The van der Waals surface area contributed by atoms with Crippen molar-refractivity contribution in [2.75, 3.05) is 0 Å². The first-order chi connectivity index (χ1) is 7.11. The van der Waals surface area contributed by atoms with E-state index in [2.05, 4.69) is 12.0 Å². The van der Waals surface area contributed by atoms with Crippen LogP contribution in [0.15, 0.2) is 12.3 Å². The molecule has 82 valence electrons. The smallest absolute Gasteiger partial charge is 0.354 e. The lowest BCUT2D eigenvalue weighted by Gasteiger charge is -2.23. The van der Waals surface area contributed by atoms with Gasteiger partial charge in [0.1, 0.15) is 5.69 Å². The maximum absolute atomic E-state index is 10.9. The standard InChI is InChI=1S/C11H16N2O2/c1-11(5-2-3-6-11)8-13-9(10(14)15)4-7-12-13/h4,7H,2-3,5-6,8H2,1H3,(H,14,15). The van der Waals surface area contributed by atoms with E-state index in [1.165, 1.54) is 25.7 Å². The summed E-state index contributed by atoms with van der Waals surface area (Å²) < 4.78 is 1.62. The van der Waals surface area contributed by atoms with Gasteiger partial charge in [-0.05, 0) is 24.3 Å². The molecule has 1 aromatic rings. The van der Waals surface area contributed by atoms with E-state index in [-0.39, 0.29) is 5.41 Å². The van der Waals surface area contributed by atoms with E-state index in [1.54, 1.807) is 16.9 Å². The molecule has 1 heterocycles. The largest absolute Gasteiger partial charge is 0.477 e. The highest BCUT2D eigenvalue weighted by Gasteiger charge is 2.30. The van der Waals surface area contributed by atoms with Crippen LogP contribution in [0.2, 0.25) is 0 Å². The van der Waals surface area contributed by atoms with E-state index in [4.69, 9.17) is 5.11 Å². The van der Waals surface area contributed by atoms with Gasteiger partial charge in [-0.1, -0.05) is 19.8 Å². The first kappa shape index (κ1) is 10.2. The SMILES string of the molecule is CC1(Cn2nccc2C(=O)O)CCCC1. The molecule has 4 nitrogen and oxygen atoms in total. The molecule has 0 amide bonds. The molecule has 15 heavy (non-hydrogen) atoms. The number of hydrogen-bond donors (Lipinski definition) is 1. The average molecular weight is 208 g/mol. The van der Waals surface area contributed by atoms with Crippen LogP contribution in [0.25, 0.3) is 0 Å². The van der Waals surface area contributed by atoms with Crippen molar-refractivity contribution in [2.45, 2.75) is 39.2 Å². The molecule has 4 heteroatoms. The molecule has 0 aliphatic heterocycles. The van der Waals surface area contributed by atoms with Crippen LogP contribution in [0.3, 0.4) is 0 Å². The first-order valence-electron chi connectivity index (χ1n) is 5.36. The van der Waals surface area contributed by atoms with E-state index in [0.29, 0.717) is 5.69 Å². The average Bonchev–Trinajstić information content (AvgIpc) is 2.75. The number of carbonyl (C=O) groups is 1. The predicted molar refractivity (Wildman–Crippen MR) is 55.8 cm³/mol. The van der Waals surface area contributed by atoms with Crippen molar-refractivity contribution in [1.29, 1.82) is 0 Å². The van der Waals surface area contributed by atoms with Crippen molar-refractivity contribution in [3.05, 3.63) is 18.0 Å². The van der Waals surface area contributed by atoms with Crippen molar-refractivity contribution in [1.82, 2.24) is 9.78 Å². The molecule has 0 saturated heterocycles.